The summed E-state index contributed by atoms with van der Waals surface area (Å²) in [5.74, 6) is 0. The number of fused-ring (bicyclic) bond motifs is 1. The van der Waals surface area contributed by atoms with Crippen molar-refractivity contribution in [3.8, 4) is 11.3 Å². The Labute approximate surface area is 135 Å². The van der Waals surface area contributed by atoms with Gasteiger partial charge in [-0.15, -0.1) is 11.3 Å². The van der Waals surface area contributed by atoms with Gasteiger partial charge in [0.05, 0.1) is 11.4 Å². The van der Waals surface area contributed by atoms with Crippen LogP contribution in [-0.2, 0) is 0 Å². The second-order valence-electron chi connectivity index (χ2n) is 4.93. The number of thiazole rings is 1. The van der Waals surface area contributed by atoms with E-state index in [0.717, 1.165) is 21.9 Å². The predicted octanol–water partition coefficient (Wildman–Crippen LogP) is 3.32. The zero-order valence-electron chi connectivity index (χ0n) is 12.0. The van der Waals surface area contributed by atoms with Crippen molar-refractivity contribution in [1.29, 1.82) is 0 Å². The van der Waals surface area contributed by atoms with E-state index in [9.17, 15) is 4.79 Å². The molecule has 6 heteroatoms. The molecule has 3 heterocycles. The highest BCUT2D eigenvalue weighted by atomic mass is 32.1. The molecule has 4 aromatic rings. The second-order valence-corrected chi connectivity index (χ2v) is 5.80. The third-order valence-electron chi connectivity index (χ3n) is 3.46. The van der Waals surface area contributed by atoms with Gasteiger partial charge in [-0.05, 0) is 18.2 Å². The van der Waals surface area contributed by atoms with Crippen LogP contribution in [0.1, 0.15) is 11.4 Å². The molecule has 112 valence electrons. The number of hydrogen-bond donors (Lipinski definition) is 1. The van der Waals surface area contributed by atoms with E-state index in [0.29, 0.717) is 5.69 Å². The highest BCUT2D eigenvalue weighted by molar-refractivity contribution is 7.15. The van der Waals surface area contributed by atoms with Gasteiger partial charge in [0.15, 0.2) is 4.96 Å². The Kier molecular flexibility index (Phi) is 3.36. The summed E-state index contributed by atoms with van der Waals surface area (Å²) in [6.07, 6.45) is 7.30. The first kappa shape index (κ1) is 13.7. The molecule has 0 aliphatic carbocycles. The number of H-pyrrole nitrogens is 1. The van der Waals surface area contributed by atoms with Gasteiger partial charge in [-0.3, -0.25) is 4.40 Å². The molecule has 1 N–H and O–H groups in total. The van der Waals surface area contributed by atoms with Crippen molar-refractivity contribution in [2.75, 3.05) is 0 Å². The summed E-state index contributed by atoms with van der Waals surface area (Å²) < 4.78 is 2.04. The summed E-state index contributed by atoms with van der Waals surface area (Å²) in [6, 6.07) is 11.8. The average Bonchev–Trinajstić information content (AvgIpc) is 3.15. The molecule has 0 aliphatic rings. The summed E-state index contributed by atoms with van der Waals surface area (Å²) in [4.78, 5) is 23.3. The van der Waals surface area contributed by atoms with E-state index in [4.69, 9.17) is 4.98 Å². The Hall–Kier alpha value is -2.99. The molecule has 4 rings (SSSR count). The summed E-state index contributed by atoms with van der Waals surface area (Å²) in [7, 11) is 0. The zero-order chi connectivity index (χ0) is 15.6. The molecule has 0 aliphatic heterocycles. The molecule has 0 saturated carbocycles. The minimum Gasteiger partial charge on any atom is -0.306 e. The van der Waals surface area contributed by atoms with E-state index >= 15 is 0 Å². The number of imidazole rings is 1. The van der Waals surface area contributed by atoms with Crippen molar-refractivity contribution >= 4 is 28.4 Å². The van der Waals surface area contributed by atoms with E-state index in [1.54, 1.807) is 17.4 Å². The molecule has 0 amide bonds. The first-order valence-electron chi connectivity index (χ1n) is 7.06. The van der Waals surface area contributed by atoms with E-state index in [2.05, 4.69) is 9.97 Å². The quantitative estimate of drug-likeness (QED) is 0.630. The van der Waals surface area contributed by atoms with E-state index in [1.807, 2.05) is 58.5 Å². The fourth-order valence-electron chi connectivity index (χ4n) is 2.42. The summed E-state index contributed by atoms with van der Waals surface area (Å²) in [5, 5.41) is 2.00. The lowest BCUT2D eigenvalue weighted by Crippen LogP contribution is -2.09. The van der Waals surface area contributed by atoms with Gasteiger partial charge < -0.3 is 4.98 Å². The number of benzene rings is 1. The van der Waals surface area contributed by atoms with Gasteiger partial charge in [0.1, 0.15) is 0 Å². The Morgan fingerprint density at radius 1 is 1.13 bits per heavy atom. The smallest absolute Gasteiger partial charge is 0.306 e. The number of aromatic amines is 1. The van der Waals surface area contributed by atoms with Gasteiger partial charge in [0.25, 0.3) is 0 Å². The Bertz CT molecular complexity index is 1040. The number of nitrogens with zero attached hydrogens (tertiary/aromatic N) is 3. The van der Waals surface area contributed by atoms with Crippen LogP contribution in [0.3, 0.4) is 0 Å². The van der Waals surface area contributed by atoms with Crippen molar-refractivity contribution in [3.05, 3.63) is 76.0 Å². The molecular weight excluding hydrogens is 308 g/mol. The molecule has 0 unspecified atom stereocenters. The molecule has 0 bridgehead atoms. The third kappa shape index (κ3) is 2.60. The van der Waals surface area contributed by atoms with Gasteiger partial charge in [0, 0.05) is 29.0 Å². The molecule has 0 spiro atoms. The van der Waals surface area contributed by atoms with Crippen LogP contribution in [0.15, 0.2) is 59.0 Å². The molecule has 0 atom stereocenters. The second kappa shape index (κ2) is 5.66. The molecule has 0 radical (unpaired) electrons. The Morgan fingerprint density at radius 2 is 2.00 bits per heavy atom. The average molecular weight is 320 g/mol. The highest BCUT2D eigenvalue weighted by Crippen LogP contribution is 2.27. The van der Waals surface area contributed by atoms with E-state index in [1.165, 1.54) is 6.20 Å². The first-order valence-corrected chi connectivity index (χ1v) is 7.93. The molecular formula is C17H12N4OS. The third-order valence-corrected chi connectivity index (χ3v) is 4.22. The fourth-order valence-corrected chi connectivity index (χ4v) is 3.14. The van der Waals surface area contributed by atoms with Gasteiger partial charge in [-0.2, -0.15) is 0 Å². The maximum Gasteiger partial charge on any atom is 0.345 e. The molecule has 0 fully saturated rings. The number of aromatic nitrogens is 4. The van der Waals surface area contributed by atoms with Crippen LogP contribution in [0, 0.1) is 0 Å². The topological polar surface area (TPSA) is 63.1 Å². The summed E-state index contributed by atoms with van der Waals surface area (Å²) in [6.45, 7) is 0. The van der Waals surface area contributed by atoms with Crippen LogP contribution < -0.4 is 5.69 Å². The maximum atomic E-state index is 11.3. The molecule has 0 saturated heterocycles. The summed E-state index contributed by atoms with van der Waals surface area (Å²) in [5.41, 5.74) is 3.31. The Morgan fingerprint density at radius 3 is 2.83 bits per heavy atom. The van der Waals surface area contributed by atoms with Crippen LogP contribution in [0.5, 0.6) is 0 Å². The first-order chi connectivity index (χ1) is 11.3. The molecule has 5 nitrogen and oxygen atoms in total. The van der Waals surface area contributed by atoms with Crippen molar-refractivity contribution < 1.29 is 0 Å². The summed E-state index contributed by atoms with van der Waals surface area (Å²) >= 11 is 1.59. The lowest BCUT2D eigenvalue weighted by molar-refractivity contribution is 1.06. The number of hydrogen-bond acceptors (Lipinski definition) is 4. The maximum absolute atomic E-state index is 11.3. The Balaban J connectivity index is 1.85. The van der Waals surface area contributed by atoms with Crippen LogP contribution in [-0.4, -0.2) is 19.4 Å². The molecule has 3 aromatic heterocycles. The number of rotatable bonds is 3. The highest BCUT2D eigenvalue weighted by Gasteiger charge is 2.12. The van der Waals surface area contributed by atoms with Crippen LogP contribution >= 0.6 is 11.3 Å². The van der Waals surface area contributed by atoms with Gasteiger partial charge in [0.2, 0.25) is 0 Å². The predicted molar refractivity (Wildman–Crippen MR) is 92.3 cm³/mol. The SMILES string of the molecule is O=c1nccc(/C=C/c2c(-c3ccccc3)nc3sccn23)[nH]1. The zero-order valence-corrected chi connectivity index (χ0v) is 12.8. The van der Waals surface area contributed by atoms with Gasteiger partial charge in [-0.1, -0.05) is 30.3 Å². The van der Waals surface area contributed by atoms with E-state index in [-0.39, 0.29) is 5.69 Å². The van der Waals surface area contributed by atoms with E-state index < -0.39 is 0 Å². The van der Waals surface area contributed by atoms with Crippen LogP contribution in [0.2, 0.25) is 0 Å². The van der Waals surface area contributed by atoms with Gasteiger partial charge >= 0.3 is 5.69 Å². The van der Waals surface area contributed by atoms with Crippen LogP contribution in [0.25, 0.3) is 28.4 Å². The lowest BCUT2D eigenvalue weighted by Gasteiger charge is -2.00. The fraction of sp³-hybridized carbons (Fsp3) is 0. The lowest BCUT2D eigenvalue weighted by atomic mass is 10.1. The van der Waals surface area contributed by atoms with Crippen molar-refractivity contribution in [1.82, 2.24) is 19.4 Å². The molecule has 23 heavy (non-hydrogen) atoms. The van der Waals surface area contributed by atoms with Crippen molar-refractivity contribution in [2.24, 2.45) is 0 Å². The minimum absolute atomic E-state index is 0.357. The standard InChI is InChI=1S/C17H12N4OS/c22-16-18-9-8-13(19-16)6-7-14-15(12-4-2-1-3-5-12)20-17-21(14)10-11-23-17/h1-11H,(H,18,19,22)/b7-6+. The minimum atomic E-state index is -0.357. The monoisotopic (exact) mass is 320 g/mol. The molecule has 1 aromatic carbocycles. The number of nitrogens with one attached hydrogen (secondary N) is 1. The normalized spacial score (nSPS) is 11.5. The largest absolute Gasteiger partial charge is 0.345 e. The van der Waals surface area contributed by atoms with Crippen molar-refractivity contribution in [2.45, 2.75) is 0 Å². The van der Waals surface area contributed by atoms with Crippen molar-refractivity contribution in [3.63, 3.8) is 0 Å². The van der Waals surface area contributed by atoms with Crippen LogP contribution in [0.4, 0.5) is 0 Å². The van der Waals surface area contributed by atoms with Gasteiger partial charge in [-0.25, -0.2) is 14.8 Å².